The number of nitrogens with one attached hydrogen (secondary N) is 1. The molecule has 0 heterocycles. The van der Waals surface area contributed by atoms with E-state index in [2.05, 4.69) is 5.09 Å². The van der Waals surface area contributed by atoms with E-state index in [0.29, 0.717) is 18.0 Å². The number of hydrogen-bond donors (Lipinski definition) is 1. The van der Waals surface area contributed by atoms with Crippen molar-refractivity contribution in [2.24, 2.45) is 0 Å². The van der Waals surface area contributed by atoms with E-state index in [1.165, 1.54) is 18.8 Å². The van der Waals surface area contributed by atoms with Crippen molar-refractivity contribution in [1.82, 2.24) is 0 Å². The van der Waals surface area contributed by atoms with E-state index in [9.17, 15) is 8.96 Å². The number of hydrogen-bond acceptors (Lipinski definition) is 3. The zero-order valence-corrected chi connectivity index (χ0v) is 12.8. The molecule has 1 unspecified atom stereocenters. The van der Waals surface area contributed by atoms with Crippen molar-refractivity contribution in [2.75, 3.05) is 18.4 Å². The van der Waals surface area contributed by atoms with Crippen LogP contribution in [0.4, 0.5) is 10.1 Å². The van der Waals surface area contributed by atoms with E-state index in [1.54, 1.807) is 36.4 Å². The molecule has 2 aromatic carbocycles. The average Bonchev–Trinajstić information content (AvgIpc) is 2.41. The Kier molecular flexibility index (Phi) is 4.86. The van der Waals surface area contributed by atoms with Crippen LogP contribution in [-0.2, 0) is 4.57 Å². The second-order valence-electron chi connectivity index (χ2n) is 4.44. The third kappa shape index (κ3) is 4.50. The Balaban J connectivity index is 2.12. The number of ether oxygens (including phenoxy) is 1. The van der Waals surface area contributed by atoms with Gasteiger partial charge in [0.05, 0.1) is 6.61 Å². The molecule has 0 aliphatic carbocycles. The van der Waals surface area contributed by atoms with Crippen molar-refractivity contribution in [3.05, 3.63) is 54.3 Å². The van der Waals surface area contributed by atoms with E-state index < -0.39 is 13.3 Å². The maximum Gasteiger partial charge on any atom is 0.338 e. The van der Waals surface area contributed by atoms with Crippen LogP contribution < -0.4 is 14.3 Å². The van der Waals surface area contributed by atoms with Gasteiger partial charge in [0.1, 0.15) is 5.75 Å². The van der Waals surface area contributed by atoms with Crippen molar-refractivity contribution in [3.8, 4) is 11.5 Å². The summed E-state index contributed by atoms with van der Waals surface area (Å²) < 4.78 is 36.6. The minimum absolute atomic E-state index is 0.0446. The second kappa shape index (κ2) is 6.64. The van der Waals surface area contributed by atoms with Gasteiger partial charge in [-0.25, -0.2) is 4.39 Å². The lowest BCUT2D eigenvalue weighted by atomic mass is 10.3. The van der Waals surface area contributed by atoms with Crippen molar-refractivity contribution >= 4 is 13.2 Å². The zero-order chi connectivity index (χ0) is 15.3. The Morgan fingerprint density at radius 1 is 1.19 bits per heavy atom. The summed E-state index contributed by atoms with van der Waals surface area (Å²) in [6.45, 7) is 3.82. The standard InChI is InChI=1S/C15H17FNO3P/c1-3-19-13-8-6-7-12(11-13)17-21(2,18)20-15-10-5-4-9-14(15)16/h4-11H,3H2,1-2H3,(H,17,18). The van der Waals surface area contributed by atoms with Crippen LogP contribution >= 0.6 is 7.52 Å². The van der Waals surface area contributed by atoms with E-state index in [4.69, 9.17) is 9.26 Å². The van der Waals surface area contributed by atoms with Crippen molar-refractivity contribution in [3.63, 3.8) is 0 Å². The third-order valence-corrected chi connectivity index (χ3v) is 3.80. The molecule has 2 rings (SSSR count). The molecule has 0 aromatic heterocycles. The molecule has 2 aromatic rings. The Hall–Kier alpha value is -2.00. The molecule has 0 saturated heterocycles. The lowest BCUT2D eigenvalue weighted by molar-refractivity contribution is 0.340. The number of para-hydroxylation sites is 1. The van der Waals surface area contributed by atoms with Gasteiger partial charge in [0.25, 0.3) is 0 Å². The summed E-state index contributed by atoms with van der Waals surface area (Å²) in [5.41, 5.74) is 0.586. The SMILES string of the molecule is CCOc1cccc(NP(C)(=O)Oc2ccccc2F)c1. The summed E-state index contributed by atoms with van der Waals surface area (Å²) in [6.07, 6.45) is 0. The van der Waals surface area contributed by atoms with Crippen LogP contribution in [0.3, 0.4) is 0 Å². The fourth-order valence-electron chi connectivity index (χ4n) is 1.79. The molecule has 112 valence electrons. The Labute approximate surface area is 123 Å². The van der Waals surface area contributed by atoms with E-state index >= 15 is 0 Å². The molecule has 0 aliphatic heterocycles. The molecular weight excluding hydrogens is 292 g/mol. The highest BCUT2D eigenvalue weighted by Crippen LogP contribution is 2.44. The van der Waals surface area contributed by atoms with Gasteiger partial charge in [-0.15, -0.1) is 0 Å². The second-order valence-corrected chi connectivity index (χ2v) is 6.54. The highest BCUT2D eigenvalue weighted by Gasteiger charge is 2.19. The predicted octanol–water partition coefficient (Wildman–Crippen LogP) is 4.54. The molecule has 0 amide bonds. The molecule has 4 nitrogen and oxygen atoms in total. The van der Waals surface area contributed by atoms with Crippen molar-refractivity contribution < 1.29 is 18.2 Å². The smallest absolute Gasteiger partial charge is 0.338 e. The van der Waals surface area contributed by atoms with Crippen LogP contribution in [0.2, 0.25) is 0 Å². The first-order chi connectivity index (χ1) is 10.00. The van der Waals surface area contributed by atoms with Crippen LogP contribution in [0.5, 0.6) is 11.5 Å². The summed E-state index contributed by atoms with van der Waals surface area (Å²) in [4.78, 5) is 0. The van der Waals surface area contributed by atoms with Gasteiger partial charge in [0.2, 0.25) is 0 Å². The molecule has 0 aliphatic rings. The monoisotopic (exact) mass is 309 g/mol. The number of benzene rings is 2. The molecule has 6 heteroatoms. The minimum atomic E-state index is -3.25. The van der Waals surface area contributed by atoms with Gasteiger partial charge in [-0.2, -0.15) is 0 Å². The van der Waals surface area contributed by atoms with Crippen molar-refractivity contribution in [1.29, 1.82) is 0 Å². The lowest BCUT2D eigenvalue weighted by Crippen LogP contribution is -2.03. The molecule has 21 heavy (non-hydrogen) atoms. The van der Waals surface area contributed by atoms with Crippen LogP contribution in [0.1, 0.15) is 6.92 Å². The highest BCUT2D eigenvalue weighted by molar-refractivity contribution is 7.60. The number of anilines is 1. The normalized spacial score (nSPS) is 13.3. The minimum Gasteiger partial charge on any atom is -0.494 e. The fraction of sp³-hybridized carbons (Fsp3) is 0.200. The van der Waals surface area contributed by atoms with Gasteiger partial charge in [-0.3, -0.25) is 4.57 Å². The lowest BCUT2D eigenvalue weighted by Gasteiger charge is -2.18. The first-order valence-corrected chi connectivity index (χ1v) is 8.60. The van der Waals surface area contributed by atoms with Crippen LogP contribution in [-0.4, -0.2) is 13.3 Å². The first-order valence-electron chi connectivity index (χ1n) is 6.53. The summed E-state index contributed by atoms with van der Waals surface area (Å²) in [5, 5.41) is 2.78. The van der Waals surface area contributed by atoms with Crippen LogP contribution in [0.25, 0.3) is 0 Å². The van der Waals surface area contributed by atoms with E-state index in [0.717, 1.165) is 0 Å². The molecule has 0 fully saturated rings. The molecule has 1 atom stereocenters. The van der Waals surface area contributed by atoms with Crippen molar-refractivity contribution in [2.45, 2.75) is 6.92 Å². The van der Waals surface area contributed by atoms with Crippen LogP contribution in [0, 0.1) is 5.82 Å². The fourth-order valence-corrected chi connectivity index (χ4v) is 2.96. The predicted molar refractivity (Wildman–Crippen MR) is 81.8 cm³/mol. The third-order valence-electron chi connectivity index (χ3n) is 2.59. The average molecular weight is 309 g/mol. The summed E-state index contributed by atoms with van der Waals surface area (Å²) in [6, 6.07) is 12.9. The summed E-state index contributed by atoms with van der Waals surface area (Å²) in [5.74, 6) is 0.0645. The van der Waals surface area contributed by atoms with Gasteiger partial charge in [0, 0.05) is 18.4 Å². The first kappa shape index (κ1) is 15.4. The number of rotatable bonds is 6. The molecule has 0 spiro atoms. The van der Waals surface area contributed by atoms with Gasteiger partial charge < -0.3 is 14.3 Å². The van der Waals surface area contributed by atoms with Gasteiger partial charge in [-0.05, 0) is 31.2 Å². The zero-order valence-electron chi connectivity index (χ0n) is 11.9. The van der Waals surface area contributed by atoms with Crippen LogP contribution in [0.15, 0.2) is 48.5 Å². The maximum atomic E-state index is 13.5. The Morgan fingerprint density at radius 2 is 1.95 bits per heavy atom. The highest BCUT2D eigenvalue weighted by atomic mass is 31.2. The summed E-state index contributed by atoms with van der Waals surface area (Å²) in [7, 11) is -3.25. The topological polar surface area (TPSA) is 47.6 Å². The largest absolute Gasteiger partial charge is 0.494 e. The molecule has 0 radical (unpaired) electrons. The molecule has 1 N–H and O–H groups in total. The molecular formula is C15H17FNO3P. The Bertz CT molecular complexity index is 663. The molecule has 0 saturated carbocycles. The quantitative estimate of drug-likeness (QED) is 0.796. The summed E-state index contributed by atoms with van der Waals surface area (Å²) >= 11 is 0. The van der Waals surface area contributed by atoms with E-state index in [1.807, 2.05) is 6.92 Å². The van der Waals surface area contributed by atoms with Gasteiger partial charge in [-0.1, -0.05) is 18.2 Å². The van der Waals surface area contributed by atoms with Gasteiger partial charge >= 0.3 is 7.52 Å². The Morgan fingerprint density at radius 3 is 2.67 bits per heavy atom. The van der Waals surface area contributed by atoms with Gasteiger partial charge in [0.15, 0.2) is 11.6 Å². The number of halogens is 1. The molecule has 0 bridgehead atoms. The van der Waals surface area contributed by atoms with E-state index in [-0.39, 0.29) is 5.75 Å². The maximum absolute atomic E-state index is 13.5.